The van der Waals surface area contributed by atoms with Gasteiger partial charge in [0.05, 0.1) is 25.0 Å². The van der Waals surface area contributed by atoms with E-state index in [0.29, 0.717) is 18.6 Å². The monoisotopic (exact) mass is 487 g/mol. The lowest BCUT2D eigenvalue weighted by Gasteiger charge is -2.30. The molecule has 0 aromatic rings. The molecule has 2 rings (SSSR count). The van der Waals surface area contributed by atoms with E-state index in [-0.39, 0.29) is 18.8 Å². The molecular weight excluding hydrogens is 454 g/mol. The molecule has 1 saturated heterocycles. The van der Waals surface area contributed by atoms with Crippen molar-refractivity contribution in [2.24, 2.45) is 5.92 Å². The summed E-state index contributed by atoms with van der Waals surface area (Å²) in [5.74, 6) is -1.09. The van der Waals surface area contributed by atoms with Gasteiger partial charge in [-0.1, -0.05) is 47.9 Å². The molecule has 0 aliphatic carbocycles. The maximum absolute atomic E-state index is 13.1. The Balaban J connectivity index is 2.43. The molecule has 4 N–H and O–H groups in total. The molecule has 180 valence electrons. The first-order chi connectivity index (χ1) is 15.2. The van der Waals surface area contributed by atoms with Crippen LogP contribution in [-0.2, 0) is 23.9 Å². The lowest BCUT2D eigenvalue weighted by Crippen LogP contribution is -2.57. The molecule has 11 heteroatoms. The predicted molar refractivity (Wildman–Crippen MR) is 125 cm³/mol. The number of amides is 3. The third kappa shape index (κ3) is 8.32. The van der Waals surface area contributed by atoms with Crippen LogP contribution in [0.1, 0.15) is 46.5 Å². The SMILES string of the molecule is CCC(C)C1NC(=O)[C@H]2CSSCC/C=C/C(CC(=O)N[C@H](C)C(=O)N2)OC(=O)CC1O. The van der Waals surface area contributed by atoms with Crippen molar-refractivity contribution in [2.75, 3.05) is 11.5 Å². The second-order valence-corrected chi connectivity index (χ2v) is 10.7. The quantitative estimate of drug-likeness (QED) is 0.257. The zero-order valence-electron chi connectivity index (χ0n) is 18.7. The van der Waals surface area contributed by atoms with Gasteiger partial charge in [-0.05, 0) is 25.3 Å². The third-order valence-corrected chi connectivity index (χ3v) is 7.91. The van der Waals surface area contributed by atoms with E-state index in [0.717, 1.165) is 5.75 Å². The van der Waals surface area contributed by atoms with Crippen LogP contribution in [0.3, 0.4) is 0 Å². The van der Waals surface area contributed by atoms with Crippen LogP contribution in [0.2, 0.25) is 0 Å². The Morgan fingerprint density at radius 3 is 2.59 bits per heavy atom. The average Bonchev–Trinajstić information content (AvgIpc) is 2.73. The van der Waals surface area contributed by atoms with Crippen molar-refractivity contribution < 1.29 is 29.0 Å². The molecular formula is C21H33N3O6S2. The highest BCUT2D eigenvalue weighted by Crippen LogP contribution is 2.24. The number of ether oxygens (including phenoxy) is 1. The number of rotatable bonds is 2. The van der Waals surface area contributed by atoms with Crippen LogP contribution in [0.15, 0.2) is 12.2 Å². The number of carbonyl (C=O) groups excluding carboxylic acids is 4. The van der Waals surface area contributed by atoms with Crippen molar-refractivity contribution >= 4 is 45.3 Å². The molecule has 2 heterocycles. The fourth-order valence-electron chi connectivity index (χ4n) is 3.37. The average molecular weight is 488 g/mol. The minimum atomic E-state index is -1.17. The Morgan fingerprint density at radius 2 is 1.88 bits per heavy atom. The second-order valence-electron chi connectivity index (χ2n) is 8.10. The standard InChI is InChI=1S/C21H33N3O6S2/c1-4-12(2)19-16(25)10-18(27)30-14-7-5-6-8-31-32-11-15(21(29)24-19)23-20(28)13(3)22-17(26)9-14/h5,7,12-16,19,25H,4,6,8-11H2,1-3H3,(H,22,26)(H,23,28)(H,24,29)/b7-5+/t12?,13-,14?,15-,16?,19?/m1/s1. The largest absolute Gasteiger partial charge is 0.457 e. The van der Waals surface area contributed by atoms with Crippen LogP contribution >= 0.6 is 21.6 Å². The molecule has 32 heavy (non-hydrogen) atoms. The van der Waals surface area contributed by atoms with Gasteiger partial charge in [0, 0.05) is 11.5 Å². The molecule has 2 aliphatic heterocycles. The number of aliphatic hydroxyl groups is 1. The van der Waals surface area contributed by atoms with Crippen molar-refractivity contribution in [3.8, 4) is 0 Å². The normalized spacial score (nSPS) is 33.3. The van der Waals surface area contributed by atoms with Gasteiger partial charge in [0.15, 0.2) is 0 Å². The topological polar surface area (TPSA) is 134 Å². The van der Waals surface area contributed by atoms with Crippen LogP contribution in [0.25, 0.3) is 0 Å². The Hall–Kier alpha value is -1.72. The first kappa shape index (κ1) is 26.5. The van der Waals surface area contributed by atoms with Gasteiger partial charge in [0.1, 0.15) is 18.2 Å². The maximum atomic E-state index is 13.1. The summed E-state index contributed by atoms with van der Waals surface area (Å²) in [5.41, 5.74) is 0. The van der Waals surface area contributed by atoms with Crippen LogP contribution in [0, 0.1) is 5.92 Å². The molecule has 0 aromatic heterocycles. The summed E-state index contributed by atoms with van der Waals surface area (Å²) < 4.78 is 5.46. The van der Waals surface area contributed by atoms with Gasteiger partial charge >= 0.3 is 5.97 Å². The fourth-order valence-corrected chi connectivity index (χ4v) is 5.52. The Labute approximate surface area is 196 Å². The van der Waals surface area contributed by atoms with Crippen molar-refractivity contribution in [3.63, 3.8) is 0 Å². The highest BCUT2D eigenvalue weighted by Gasteiger charge is 2.33. The van der Waals surface area contributed by atoms with Crippen molar-refractivity contribution in [1.29, 1.82) is 0 Å². The van der Waals surface area contributed by atoms with E-state index in [4.69, 9.17) is 4.74 Å². The van der Waals surface area contributed by atoms with E-state index in [1.807, 2.05) is 19.9 Å². The molecule has 9 nitrogen and oxygen atoms in total. The van der Waals surface area contributed by atoms with Gasteiger partial charge in [0.25, 0.3) is 0 Å². The number of fused-ring (bicyclic) bond motifs is 7. The molecule has 3 amide bonds. The summed E-state index contributed by atoms with van der Waals surface area (Å²) in [4.78, 5) is 50.7. The van der Waals surface area contributed by atoms with Crippen LogP contribution in [0.5, 0.6) is 0 Å². The summed E-state index contributed by atoms with van der Waals surface area (Å²) >= 11 is 0. The van der Waals surface area contributed by atoms with Gasteiger partial charge in [-0.2, -0.15) is 0 Å². The van der Waals surface area contributed by atoms with Crippen LogP contribution in [-0.4, -0.2) is 70.6 Å². The van der Waals surface area contributed by atoms with Gasteiger partial charge in [0.2, 0.25) is 17.7 Å². The van der Waals surface area contributed by atoms with Gasteiger partial charge in [-0.25, -0.2) is 0 Å². The molecule has 6 atom stereocenters. The number of hydrogen-bond acceptors (Lipinski definition) is 8. The van der Waals surface area contributed by atoms with Gasteiger partial charge in [-0.15, -0.1) is 0 Å². The van der Waals surface area contributed by atoms with Crippen LogP contribution in [0.4, 0.5) is 0 Å². The molecule has 2 bridgehead atoms. The number of carbonyl (C=O) groups is 4. The number of nitrogens with one attached hydrogen (secondary N) is 3. The lowest BCUT2D eigenvalue weighted by atomic mass is 9.92. The maximum Gasteiger partial charge on any atom is 0.309 e. The summed E-state index contributed by atoms with van der Waals surface area (Å²) in [6.45, 7) is 5.33. The highest BCUT2D eigenvalue weighted by molar-refractivity contribution is 8.76. The third-order valence-electron chi connectivity index (χ3n) is 5.47. The van der Waals surface area contributed by atoms with Gasteiger partial charge in [-0.3, -0.25) is 19.2 Å². The Kier molecular flexibility index (Phi) is 10.9. The molecule has 0 saturated carbocycles. The van der Waals surface area contributed by atoms with E-state index in [1.54, 1.807) is 16.9 Å². The molecule has 0 aromatic carbocycles. The summed E-state index contributed by atoms with van der Waals surface area (Å²) in [6, 6.07) is -2.42. The Bertz CT molecular complexity index is 720. The van der Waals surface area contributed by atoms with E-state index in [2.05, 4.69) is 16.0 Å². The molecule has 0 radical (unpaired) electrons. The van der Waals surface area contributed by atoms with E-state index in [9.17, 15) is 24.3 Å². The van der Waals surface area contributed by atoms with Gasteiger partial charge < -0.3 is 25.8 Å². The number of allylic oxidation sites excluding steroid dienone is 1. The number of aliphatic hydroxyl groups excluding tert-OH is 1. The predicted octanol–water partition coefficient (Wildman–Crippen LogP) is 0.915. The molecule has 2 aliphatic rings. The van der Waals surface area contributed by atoms with E-state index in [1.165, 1.54) is 17.7 Å². The molecule has 1 fully saturated rings. The first-order valence-electron chi connectivity index (χ1n) is 10.9. The van der Waals surface area contributed by atoms with Crippen LogP contribution < -0.4 is 16.0 Å². The lowest BCUT2D eigenvalue weighted by molar-refractivity contribution is -0.151. The minimum Gasteiger partial charge on any atom is -0.457 e. The summed E-state index contributed by atoms with van der Waals surface area (Å²) in [5, 5.41) is 18.9. The van der Waals surface area contributed by atoms with Crippen molar-refractivity contribution in [1.82, 2.24) is 16.0 Å². The van der Waals surface area contributed by atoms with E-state index < -0.39 is 54.0 Å². The zero-order chi connectivity index (χ0) is 23.7. The van der Waals surface area contributed by atoms with E-state index >= 15 is 0 Å². The fraction of sp³-hybridized carbons (Fsp3) is 0.714. The minimum absolute atomic E-state index is 0.118. The summed E-state index contributed by atoms with van der Waals surface area (Å²) in [7, 11) is 3.03. The number of hydrogen-bond donors (Lipinski definition) is 4. The molecule has 4 unspecified atom stereocenters. The Morgan fingerprint density at radius 1 is 1.12 bits per heavy atom. The van der Waals surface area contributed by atoms with Crippen molar-refractivity contribution in [3.05, 3.63) is 12.2 Å². The number of esters is 1. The van der Waals surface area contributed by atoms with Crippen molar-refractivity contribution in [2.45, 2.75) is 76.8 Å². The second kappa shape index (κ2) is 13.1. The smallest absolute Gasteiger partial charge is 0.309 e. The first-order valence-corrected chi connectivity index (χ1v) is 13.4. The highest BCUT2D eigenvalue weighted by atomic mass is 33.1. The zero-order valence-corrected chi connectivity index (χ0v) is 20.3. The summed E-state index contributed by atoms with van der Waals surface area (Å²) in [6.07, 6.45) is 2.41. The molecule has 0 spiro atoms.